The minimum Gasteiger partial charge on any atom is -0.489 e. The van der Waals surface area contributed by atoms with Gasteiger partial charge in [-0.1, -0.05) is 42.5 Å². The van der Waals surface area contributed by atoms with Crippen molar-refractivity contribution in [3.63, 3.8) is 0 Å². The van der Waals surface area contributed by atoms with E-state index in [9.17, 15) is 5.11 Å². The summed E-state index contributed by atoms with van der Waals surface area (Å²) in [4.78, 5) is 0. The van der Waals surface area contributed by atoms with E-state index in [1.165, 1.54) is 0 Å². The molecular formula is C15H16O3. The molecule has 0 fully saturated rings. The maximum absolute atomic E-state index is 9.53. The summed E-state index contributed by atoms with van der Waals surface area (Å²) in [6, 6.07) is 17.0. The molecule has 94 valence electrons. The highest BCUT2D eigenvalue weighted by atomic mass is 16.5. The number of rotatable bonds is 5. The molecule has 2 aromatic carbocycles. The van der Waals surface area contributed by atoms with E-state index in [4.69, 9.17) is 9.84 Å². The van der Waals surface area contributed by atoms with Crippen molar-refractivity contribution in [2.45, 2.75) is 12.7 Å². The van der Waals surface area contributed by atoms with Crippen LogP contribution in [0.3, 0.4) is 0 Å². The van der Waals surface area contributed by atoms with Gasteiger partial charge in [0.2, 0.25) is 0 Å². The third-order valence-electron chi connectivity index (χ3n) is 2.66. The van der Waals surface area contributed by atoms with Crippen LogP contribution >= 0.6 is 0 Å². The Morgan fingerprint density at radius 2 is 1.78 bits per heavy atom. The first kappa shape index (κ1) is 12.6. The van der Waals surface area contributed by atoms with Crippen LogP contribution in [0, 0.1) is 0 Å². The van der Waals surface area contributed by atoms with Gasteiger partial charge in [0, 0.05) is 0 Å². The second-order valence-electron chi connectivity index (χ2n) is 4.05. The first-order valence-corrected chi connectivity index (χ1v) is 5.85. The van der Waals surface area contributed by atoms with Gasteiger partial charge in [-0.3, -0.25) is 0 Å². The number of aliphatic hydroxyl groups excluding tert-OH is 2. The molecule has 18 heavy (non-hydrogen) atoms. The van der Waals surface area contributed by atoms with Crippen LogP contribution in [0.2, 0.25) is 0 Å². The van der Waals surface area contributed by atoms with E-state index in [1.54, 1.807) is 18.2 Å². The number of aliphatic hydroxyl groups is 2. The van der Waals surface area contributed by atoms with E-state index >= 15 is 0 Å². The van der Waals surface area contributed by atoms with Gasteiger partial charge in [0.25, 0.3) is 0 Å². The van der Waals surface area contributed by atoms with E-state index < -0.39 is 6.10 Å². The number of ether oxygens (including phenoxy) is 1. The predicted octanol–water partition coefficient (Wildman–Crippen LogP) is 2.29. The number of hydrogen-bond acceptors (Lipinski definition) is 3. The highest BCUT2D eigenvalue weighted by Crippen LogP contribution is 2.19. The molecule has 0 radical (unpaired) electrons. The van der Waals surface area contributed by atoms with E-state index in [2.05, 4.69) is 0 Å². The molecule has 2 aromatic rings. The normalized spacial score (nSPS) is 12.1. The zero-order chi connectivity index (χ0) is 12.8. The van der Waals surface area contributed by atoms with Crippen molar-refractivity contribution in [1.82, 2.24) is 0 Å². The lowest BCUT2D eigenvalue weighted by Crippen LogP contribution is -2.03. The average molecular weight is 244 g/mol. The van der Waals surface area contributed by atoms with E-state index in [0.29, 0.717) is 17.9 Å². The van der Waals surface area contributed by atoms with Crippen molar-refractivity contribution in [3.05, 3.63) is 65.7 Å². The Morgan fingerprint density at radius 3 is 2.50 bits per heavy atom. The molecule has 1 atom stereocenters. The van der Waals surface area contributed by atoms with Gasteiger partial charge in [-0.25, -0.2) is 0 Å². The SMILES string of the molecule is OCC(O)c1cccc(OCc2ccccc2)c1. The Morgan fingerprint density at radius 1 is 1.00 bits per heavy atom. The Labute approximate surface area is 106 Å². The second kappa shape index (κ2) is 6.19. The molecule has 0 saturated heterocycles. The molecule has 0 aliphatic heterocycles. The lowest BCUT2D eigenvalue weighted by atomic mass is 10.1. The summed E-state index contributed by atoms with van der Waals surface area (Å²) >= 11 is 0. The van der Waals surface area contributed by atoms with Crippen LogP contribution in [-0.2, 0) is 6.61 Å². The van der Waals surface area contributed by atoms with E-state index in [1.807, 2.05) is 36.4 Å². The third-order valence-corrected chi connectivity index (χ3v) is 2.66. The maximum Gasteiger partial charge on any atom is 0.120 e. The smallest absolute Gasteiger partial charge is 0.120 e. The van der Waals surface area contributed by atoms with Crippen LogP contribution in [-0.4, -0.2) is 16.8 Å². The first-order chi connectivity index (χ1) is 8.79. The molecule has 3 nitrogen and oxygen atoms in total. The van der Waals surface area contributed by atoms with Crippen LogP contribution in [0.5, 0.6) is 5.75 Å². The van der Waals surface area contributed by atoms with Crippen LogP contribution in [0.4, 0.5) is 0 Å². The van der Waals surface area contributed by atoms with Gasteiger partial charge in [-0.15, -0.1) is 0 Å². The van der Waals surface area contributed by atoms with Crippen molar-refractivity contribution in [3.8, 4) is 5.75 Å². The van der Waals surface area contributed by atoms with Gasteiger partial charge >= 0.3 is 0 Å². The van der Waals surface area contributed by atoms with Crippen LogP contribution in [0.15, 0.2) is 54.6 Å². The summed E-state index contributed by atoms with van der Waals surface area (Å²) in [5.41, 5.74) is 1.74. The fourth-order valence-electron chi connectivity index (χ4n) is 1.66. The van der Waals surface area contributed by atoms with Crippen molar-refractivity contribution in [2.75, 3.05) is 6.61 Å². The Kier molecular flexibility index (Phi) is 4.34. The molecule has 0 aliphatic rings. The standard InChI is InChI=1S/C15H16O3/c16-10-15(17)13-7-4-8-14(9-13)18-11-12-5-2-1-3-6-12/h1-9,15-17H,10-11H2. The molecule has 0 spiro atoms. The average Bonchev–Trinajstić information content (AvgIpc) is 2.45. The predicted molar refractivity (Wildman–Crippen MR) is 69.3 cm³/mol. The zero-order valence-electron chi connectivity index (χ0n) is 9.99. The summed E-state index contributed by atoms with van der Waals surface area (Å²) in [6.45, 7) is 0.196. The maximum atomic E-state index is 9.53. The van der Waals surface area contributed by atoms with Crippen LogP contribution < -0.4 is 4.74 Å². The Balaban J connectivity index is 2.01. The number of hydrogen-bond donors (Lipinski definition) is 2. The highest BCUT2D eigenvalue weighted by Gasteiger charge is 2.06. The van der Waals surface area contributed by atoms with Crippen molar-refractivity contribution in [1.29, 1.82) is 0 Å². The monoisotopic (exact) mass is 244 g/mol. The second-order valence-corrected chi connectivity index (χ2v) is 4.05. The van der Waals surface area contributed by atoms with Crippen LogP contribution in [0.1, 0.15) is 17.2 Å². The van der Waals surface area contributed by atoms with Gasteiger partial charge < -0.3 is 14.9 Å². The lowest BCUT2D eigenvalue weighted by Gasteiger charge is -2.10. The summed E-state index contributed by atoms with van der Waals surface area (Å²) < 4.78 is 5.63. The van der Waals surface area contributed by atoms with E-state index in [-0.39, 0.29) is 6.61 Å². The minimum atomic E-state index is -0.856. The molecular weight excluding hydrogens is 228 g/mol. The fourth-order valence-corrected chi connectivity index (χ4v) is 1.66. The largest absolute Gasteiger partial charge is 0.489 e. The highest BCUT2D eigenvalue weighted by molar-refractivity contribution is 5.30. The van der Waals surface area contributed by atoms with Crippen molar-refractivity contribution in [2.24, 2.45) is 0 Å². The Hall–Kier alpha value is -1.84. The molecule has 0 heterocycles. The summed E-state index contributed by atoms with van der Waals surface area (Å²) in [6.07, 6.45) is -0.856. The summed E-state index contributed by atoms with van der Waals surface area (Å²) in [5.74, 6) is 0.684. The van der Waals surface area contributed by atoms with E-state index in [0.717, 1.165) is 5.56 Å². The summed E-state index contributed by atoms with van der Waals surface area (Å²) in [5, 5.41) is 18.4. The molecule has 0 amide bonds. The van der Waals surface area contributed by atoms with Gasteiger partial charge in [-0.05, 0) is 23.3 Å². The minimum absolute atomic E-state index is 0.290. The van der Waals surface area contributed by atoms with Crippen molar-refractivity contribution >= 4 is 0 Å². The molecule has 2 N–H and O–H groups in total. The lowest BCUT2D eigenvalue weighted by molar-refractivity contribution is 0.0953. The zero-order valence-corrected chi connectivity index (χ0v) is 9.99. The first-order valence-electron chi connectivity index (χ1n) is 5.85. The topological polar surface area (TPSA) is 49.7 Å². The molecule has 1 unspecified atom stereocenters. The van der Waals surface area contributed by atoms with Gasteiger partial charge in [0.05, 0.1) is 6.61 Å². The molecule has 0 saturated carbocycles. The van der Waals surface area contributed by atoms with Crippen molar-refractivity contribution < 1.29 is 14.9 Å². The Bertz CT molecular complexity index is 482. The van der Waals surface area contributed by atoms with Crippen LogP contribution in [0.25, 0.3) is 0 Å². The molecule has 0 aromatic heterocycles. The van der Waals surface area contributed by atoms with Gasteiger partial charge in [-0.2, -0.15) is 0 Å². The molecule has 3 heteroatoms. The number of benzene rings is 2. The third kappa shape index (κ3) is 3.32. The quantitative estimate of drug-likeness (QED) is 0.848. The molecule has 2 rings (SSSR count). The summed E-state index contributed by atoms with van der Waals surface area (Å²) in [7, 11) is 0. The molecule has 0 bridgehead atoms. The van der Waals surface area contributed by atoms with Gasteiger partial charge in [0.1, 0.15) is 18.5 Å². The molecule has 0 aliphatic carbocycles. The van der Waals surface area contributed by atoms with Gasteiger partial charge in [0.15, 0.2) is 0 Å². The fraction of sp³-hybridized carbons (Fsp3) is 0.200.